The van der Waals surface area contributed by atoms with Gasteiger partial charge in [-0.15, -0.1) is 0 Å². The van der Waals surface area contributed by atoms with E-state index in [1.54, 1.807) is 25.1 Å². The average Bonchev–Trinajstić information content (AvgIpc) is 2.63. The summed E-state index contributed by atoms with van der Waals surface area (Å²) in [4.78, 5) is 23.2. The number of carbonyl (C=O) groups excluding carboxylic acids is 1. The first-order valence-corrected chi connectivity index (χ1v) is 9.15. The highest BCUT2D eigenvalue weighted by Gasteiger charge is 2.23. The van der Waals surface area contributed by atoms with Crippen molar-refractivity contribution in [2.45, 2.75) is 33.1 Å². The van der Waals surface area contributed by atoms with Crippen LogP contribution in [0.3, 0.4) is 0 Å². The minimum absolute atomic E-state index is 0.0421. The average molecular weight is 356 g/mol. The molecular weight excluding hydrogens is 331 g/mol. The van der Waals surface area contributed by atoms with Crippen LogP contribution < -0.4 is 5.32 Å². The molecule has 138 valence electrons. The lowest BCUT2D eigenvalue weighted by Crippen LogP contribution is -2.38. The first-order chi connectivity index (χ1) is 12.5. The van der Waals surface area contributed by atoms with Crippen molar-refractivity contribution in [3.63, 3.8) is 0 Å². The SMILES string of the molecule is Cc1nc(NCCc2ccccc2F)cc(C(=O)N2CCC(C)CC2)n1. The maximum absolute atomic E-state index is 13.7. The number of aryl methyl sites for hydroxylation is 1. The van der Waals surface area contributed by atoms with Crippen LogP contribution in [-0.4, -0.2) is 40.4 Å². The molecule has 1 fully saturated rings. The number of amides is 1. The Morgan fingerprint density at radius 1 is 1.27 bits per heavy atom. The normalized spacial score (nSPS) is 15.1. The van der Waals surface area contributed by atoms with Crippen LogP contribution in [0.25, 0.3) is 0 Å². The number of hydrogen-bond donors (Lipinski definition) is 1. The molecule has 0 radical (unpaired) electrons. The molecule has 1 saturated heterocycles. The molecule has 3 rings (SSSR count). The summed E-state index contributed by atoms with van der Waals surface area (Å²) in [5.41, 5.74) is 1.07. The van der Waals surface area contributed by atoms with Gasteiger partial charge in [0.05, 0.1) is 0 Å². The molecule has 0 aliphatic carbocycles. The van der Waals surface area contributed by atoms with E-state index in [4.69, 9.17) is 0 Å². The zero-order valence-electron chi connectivity index (χ0n) is 15.3. The molecule has 1 aromatic carbocycles. The van der Waals surface area contributed by atoms with Crippen molar-refractivity contribution in [1.29, 1.82) is 0 Å². The first kappa shape index (κ1) is 18.3. The third-order valence-corrected chi connectivity index (χ3v) is 4.79. The first-order valence-electron chi connectivity index (χ1n) is 9.15. The summed E-state index contributed by atoms with van der Waals surface area (Å²) in [7, 11) is 0. The zero-order chi connectivity index (χ0) is 18.5. The van der Waals surface area contributed by atoms with E-state index in [0.29, 0.717) is 41.8 Å². The Labute approximate surface area is 153 Å². The van der Waals surface area contributed by atoms with Gasteiger partial charge >= 0.3 is 0 Å². The summed E-state index contributed by atoms with van der Waals surface area (Å²) in [6, 6.07) is 8.42. The summed E-state index contributed by atoms with van der Waals surface area (Å²) < 4.78 is 13.7. The van der Waals surface area contributed by atoms with Crippen molar-refractivity contribution in [3.8, 4) is 0 Å². The number of carbonyl (C=O) groups is 1. The van der Waals surface area contributed by atoms with Crippen molar-refractivity contribution >= 4 is 11.7 Å². The van der Waals surface area contributed by atoms with Gasteiger partial charge in [-0.1, -0.05) is 25.1 Å². The number of likely N-dealkylation sites (tertiary alicyclic amines) is 1. The molecule has 0 bridgehead atoms. The molecule has 0 unspecified atom stereocenters. The molecule has 1 aromatic heterocycles. The molecule has 2 aromatic rings. The minimum Gasteiger partial charge on any atom is -0.370 e. The molecule has 1 amide bonds. The van der Waals surface area contributed by atoms with Crippen molar-refractivity contribution in [2.75, 3.05) is 25.0 Å². The highest BCUT2D eigenvalue weighted by atomic mass is 19.1. The van der Waals surface area contributed by atoms with E-state index in [9.17, 15) is 9.18 Å². The number of nitrogens with one attached hydrogen (secondary N) is 1. The van der Waals surface area contributed by atoms with Crippen LogP contribution in [0.4, 0.5) is 10.2 Å². The zero-order valence-corrected chi connectivity index (χ0v) is 15.3. The third kappa shape index (κ3) is 4.56. The van der Waals surface area contributed by atoms with Crippen LogP contribution in [0.5, 0.6) is 0 Å². The quantitative estimate of drug-likeness (QED) is 0.891. The molecule has 1 aliphatic rings. The highest BCUT2D eigenvalue weighted by Crippen LogP contribution is 2.18. The van der Waals surface area contributed by atoms with Crippen LogP contribution in [0.1, 0.15) is 41.6 Å². The summed E-state index contributed by atoms with van der Waals surface area (Å²) in [5.74, 6) is 1.57. The fraction of sp³-hybridized carbons (Fsp3) is 0.450. The molecular formula is C20H25FN4O. The minimum atomic E-state index is -0.205. The van der Waals surface area contributed by atoms with Crippen LogP contribution in [0.2, 0.25) is 0 Å². The second kappa shape index (κ2) is 8.25. The molecule has 0 spiro atoms. The molecule has 2 heterocycles. The van der Waals surface area contributed by atoms with E-state index in [1.807, 2.05) is 11.0 Å². The number of anilines is 1. The Kier molecular flexibility index (Phi) is 5.81. The summed E-state index contributed by atoms with van der Waals surface area (Å²) in [6.45, 7) is 6.08. The number of halogens is 1. The van der Waals surface area contributed by atoms with E-state index < -0.39 is 0 Å². The van der Waals surface area contributed by atoms with E-state index in [0.717, 1.165) is 25.9 Å². The van der Waals surface area contributed by atoms with Crippen LogP contribution in [0, 0.1) is 18.7 Å². The highest BCUT2D eigenvalue weighted by molar-refractivity contribution is 5.93. The predicted octanol–water partition coefficient (Wildman–Crippen LogP) is 3.45. The predicted molar refractivity (Wildman–Crippen MR) is 99.7 cm³/mol. The van der Waals surface area contributed by atoms with Crippen molar-refractivity contribution < 1.29 is 9.18 Å². The number of rotatable bonds is 5. The van der Waals surface area contributed by atoms with Crippen molar-refractivity contribution in [2.24, 2.45) is 5.92 Å². The monoisotopic (exact) mass is 356 g/mol. The fourth-order valence-corrected chi connectivity index (χ4v) is 3.17. The lowest BCUT2D eigenvalue weighted by Gasteiger charge is -2.30. The van der Waals surface area contributed by atoms with Gasteiger partial charge in [0.15, 0.2) is 0 Å². The Hall–Kier alpha value is -2.50. The lowest BCUT2D eigenvalue weighted by molar-refractivity contribution is 0.0691. The number of benzene rings is 1. The van der Waals surface area contributed by atoms with Gasteiger partial charge in [-0.3, -0.25) is 4.79 Å². The van der Waals surface area contributed by atoms with E-state index in [1.165, 1.54) is 6.07 Å². The van der Waals surface area contributed by atoms with Crippen molar-refractivity contribution in [1.82, 2.24) is 14.9 Å². The maximum atomic E-state index is 13.7. The van der Waals surface area contributed by atoms with Gasteiger partial charge < -0.3 is 10.2 Å². The number of aromatic nitrogens is 2. The van der Waals surface area contributed by atoms with Gasteiger partial charge in [0.2, 0.25) is 0 Å². The number of hydrogen-bond acceptors (Lipinski definition) is 4. The van der Waals surface area contributed by atoms with Gasteiger partial charge in [0, 0.05) is 25.7 Å². The van der Waals surface area contributed by atoms with E-state index in [-0.39, 0.29) is 11.7 Å². The standard InChI is InChI=1S/C20H25FN4O/c1-14-8-11-25(12-9-14)20(26)18-13-19(24-15(2)23-18)22-10-7-16-5-3-4-6-17(16)21/h3-6,13-14H,7-12H2,1-2H3,(H,22,23,24). The van der Waals surface area contributed by atoms with Gasteiger partial charge in [-0.25, -0.2) is 14.4 Å². The summed E-state index contributed by atoms with van der Waals surface area (Å²) in [6.07, 6.45) is 2.61. The smallest absolute Gasteiger partial charge is 0.272 e. The molecule has 0 atom stereocenters. The van der Waals surface area contributed by atoms with E-state index >= 15 is 0 Å². The topological polar surface area (TPSA) is 58.1 Å². The molecule has 5 nitrogen and oxygen atoms in total. The van der Waals surface area contributed by atoms with Crippen LogP contribution in [0.15, 0.2) is 30.3 Å². The Morgan fingerprint density at radius 2 is 2.00 bits per heavy atom. The number of piperidine rings is 1. The third-order valence-electron chi connectivity index (χ3n) is 4.79. The van der Waals surface area contributed by atoms with Gasteiger partial charge in [-0.05, 0) is 43.7 Å². The Balaban J connectivity index is 1.64. The van der Waals surface area contributed by atoms with Crippen LogP contribution in [-0.2, 0) is 6.42 Å². The van der Waals surface area contributed by atoms with E-state index in [2.05, 4.69) is 22.2 Å². The second-order valence-corrected chi connectivity index (χ2v) is 6.93. The lowest BCUT2D eigenvalue weighted by atomic mass is 9.99. The van der Waals surface area contributed by atoms with Gasteiger partial charge in [0.25, 0.3) is 5.91 Å². The number of nitrogens with zero attached hydrogens (tertiary/aromatic N) is 3. The molecule has 26 heavy (non-hydrogen) atoms. The Morgan fingerprint density at radius 3 is 2.73 bits per heavy atom. The summed E-state index contributed by atoms with van der Waals surface area (Å²) in [5, 5.41) is 3.18. The van der Waals surface area contributed by atoms with Crippen molar-refractivity contribution in [3.05, 3.63) is 53.2 Å². The van der Waals surface area contributed by atoms with Gasteiger partial charge in [-0.2, -0.15) is 0 Å². The second-order valence-electron chi connectivity index (χ2n) is 6.93. The molecule has 1 N–H and O–H groups in total. The van der Waals surface area contributed by atoms with Crippen LogP contribution >= 0.6 is 0 Å². The molecule has 6 heteroatoms. The molecule has 1 aliphatic heterocycles. The molecule has 0 saturated carbocycles. The summed E-state index contributed by atoms with van der Waals surface area (Å²) >= 11 is 0. The largest absolute Gasteiger partial charge is 0.370 e. The van der Waals surface area contributed by atoms with Gasteiger partial charge in [0.1, 0.15) is 23.2 Å². The maximum Gasteiger partial charge on any atom is 0.272 e. The Bertz CT molecular complexity index is 772. The fourth-order valence-electron chi connectivity index (χ4n) is 3.17.